The number of aromatic nitrogens is 4. The van der Waals surface area contributed by atoms with Gasteiger partial charge in [0.1, 0.15) is 11.6 Å². The number of H-pyrrole nitrogens is 1. The van der Waals surface area contributed by atoms with Gasteiger partial charge in [-0.2, -0.15) is 5.10 Å². The molecule has 2 aromatic heterocycles. The highest BCUT2D eigenvalue weighted by Crippen LogP contribution is 2.17. The predicted octanol–water partition coefficient (Wildman–Crippen LogP) is 2.25. The van der Waals surface area contributed by atoms with Gasteiger partial charge in [0.25, 0.3) is 0 Å². The highest BCUT2D eigenvalue weighted by molar-refractivity contribution is 6.17. The Morgan fingerprint density at radius 3 is 2.81 bits per heavy atom. The summed E-state index contributed by atoms with van der Waals surface area (Å²) in [6.07, 6.45) is 0.849. The summed E-state index contributed by atoms with van der Waals surface area (Å²) in [6, 6.07) is 9.71. The van der Waals surface area contributed by atoms with E-state index in [2.05, 4.69) is 20.5 Å². The van der Waals surface area contributed by atoms with Crippen LogP contribution in [0.2, 0.25) is 0 Å². The van der Waals surface area contributed by atoms with Gasteiger partial charge in [-0.1, -0.05) is 12.1 Å². The second kappa shape index (κ2) is 5.57. The van der Waals surface area contributed by atoms with Crippen LogP contribution in [0, 0.1) is 6.92 Å². The Morgan fingerprint density at radius 1 is 1.33 bits per heavy atom. The predicted molar refractivity (Wildman–Crippen MR) is 82.5 cm³/mol. The maximum atomic E-state index is 11.5. The van der Waals surface area contributed by atoms with Crippen molar-refractivity contribution in [2.75, 3.05) is 11.2 Å². The van der Waals surface area contributed by atoms with Gasteiger partial charge in [0.15, 0.2) is 5.65 Å². The van der Waals surface area contributed by atoms with Crippen LogP contribution in [0.3, 0.4) is 0 Å². The highest BCUT2D eigenvalue weighted by Gasteiger charge is 2.07. The van der Waals surface area contributed by atoms with Crippen molar-refractivity contribution in [3.05, 3.63) is 52.2 Å². The summed E-state index contributed by atoms with van der Waals surface area (Å²) in [6.45, 7) is 1.76. The van der Waals surface area contributed by atoms with Gasteiger partial charge >= 0.3 is 5.69 Å². The summed E-state index contributed by atoms with van der Waals surface area (Å²) in [4.78, 5) is 15.9. The normalized spacial score (nSPS) is 11.0. The Hall–Kier alpha value is -2.34. The zero-order valence-electron chi connectivity index (χ0n) is 11.4. The lowest BCUT2D eigenvalue weighted by Gasteiger charge is -2.08. The van der Waals surface area contributed by atoms with Crippen LogP contribution in [0.15, 0.2) is 35.1 Å². The summed E-state index contributed by atoms with van der Waals surface area (Å²) >= 11 is 5.72. The maximum absolute atomic E-state index is 11.5. The lowest BCUT2D eigenvalue weighted by atomic mass is 10.1. The van der Waals surface area contributed by atoms with E-state index in [0.29, 0.717) is 23.2 Å². The monoisotopic (exact) mass is 303 g/mol. The number of nitrogens with zero attached hydrogens (tertiary/aromatic N) is 3. The first-order valence-electron chi connectivity index (χ1n) is 6.54. The largest absolute Gasteiger partial charge is 0.349 e. The van der Waals surface area contributed by atoms with Crippen LogP contribution in [0.5, 0.6) is 0 Å². The number of fused-ring (bicyclic) bond motifs is 1. The van der Waals surface area contributed by atoms with Crippen LogP contribution in [0.4, 0.5) is 11.5 Å². The van der Waals surface area contributed by atoms with Crippen molar-refractivity contribution < 1.29 is 0 Å². The molecule has 0 fully saturated rings. The van der Waals surface area contributed by atoms with E-state index in [1.807, 2.05) is 24.3 Å². The second-order valence-corrected chi connectivity index (χ2v) is 5.05. The van der Waals surface area contributed by atoms with Crippen LogP contribution in [-0.4, -0.2) is 25.5 Å². The van der Waals surface area contributed by atoms with Gasteiger partial charge in [-0.15, -0.1) is 11.6 Å². The van der Waals surface area contributed by atoms with Crippen LogP contribution >= 0.6 is 11.6 Å². The summed E-state index contributed by atoms with van der Waals surface area (Å²) in [5.41, 5.74) is 2.36. The number of hydrogen-bond donors (Lipinski definition) is 2. The Labute approximate surface area is 125 Å². The maximum Gasteiger partial charge on any atom is 0.349 e. The molecule has 108 valence electrons. The molecule has 0 unspecified atom stereocenters. The fourth-order valence-corrected chi connectivity index (χ4v) is 2.39. The molecule has 0 radical (unpaired) electrons. The third-order valence-corrected chi connectivity index (χ3v) is 3.37. The highest BCUT2D eigenvalue weighted by atomic mass is 35.5. The average Bonchev–Trinajstić information content (AvgIpc) is 2.83. The lowest BCUT2D eigenvalue weighted by molar-refractivity contribution is 0.938. The standard InChI is InChI=1S/C14H14ClN5O/c1-9-16-12(8-13-18-19-14(21)20(9)13)17-11-4-2-10(3-5-11)6-7-15/h2-5,8,17H,6-7H2,1H3,(H,19,21). The van der Waals surface area contributed by atoms with Crippen LogP contribution in [0.1, 0.15) is 11.4 Å². The number of alkyl halides is 1. The number of aromatic amines is 1. The molecule has 0 spiro atoms. The number of hydrogen-bond acceptors (Lipinski definition) is 4. The van der Waals surface area contributed by atoms with Crippen molar-refractivity contribution in [1.29, 1.82) is 0 Å². The first-order chi connectivity index (χ1) is 10.2. The third-order valence-electron chi connectivity index (χ3n) is 3.18. The Morgan fingerprint density at radius 2 is 2.10 bits per heavy atom. The number of rotatable bonds is 4. The number of anilines is 2. The minimum absolute atomic E-state index is 0.285. The molecule has 1 aromatic carbocycles. The van der Waals surface area contributed by atoms with Crippen molar-refractivity contribution in [1.82, 2.24) is 19.6 Å². The van der Waals surface area contributed by atoms with Crippen molar-refractivity contribution in [2.45, 2.75) is 13.3 Å². The molecule has 0 aliphatic heterocycles. The van der Waals surface area contributed by atoms with Gasteiger partial charge in [-0.05, 0) is 31.0 Å². The molecule has 3 aromatic rings. The summed E-state index contributed by atoms with van der Waals surface area (Å²) in [5, 5.41) is 9.56. The molecule has 0 atom stereocenters. The fourth-order valence-electron chi connectivity index (χ4n) is 2.17. The zero-order valence-corrected chi connectivity index (χ0v) is 12.2. The van der Waals surface area contributed by atoms with Crippen molar-refractivity contribution in [3.63, 3.8) is 0 Å². The molecular formula is C14H14ClN5O. The van der Waals surface area contributed by atoms with Gasteiger partial charge in [-0.25, -0.2) is 19.3 Å². The fraction of sp³-hybridized carbons (Fsp3) is 0.214. The SMILES string of the molecule is Cc1nc(Nc2ccc(CCCl)cc2)cc2n[nH]c(=O)n12. The molecule has 0 aliphatic rings. The minimum Gasteiger partial charge on any atom is -0.340 e. The smallest absolute Gasteiger partial charge is 0.340 e. The molecule has 2 heterocycles. The molecule has 0 aliphatic carbocycles. The summed E-state index contributed by atoms with van der Waals surface area (Å²) in [7, 11) is 0. The van der Waals surface area contributed by atoms with E-state index in [4.69, 9.17) is 11.6 Å². The summed E-state index contributed by atoms with van der Waals surface area (Å²) in [5.74, 6) is 1.83. The van der Waals surface area contributed by atoms with Gasteiger partial charge in [0.2, 0.25) is 0 Å². The Bertz CT molecular complexity index is 821. The molecule has 0 saturated heterocycles. The van der Waals surface area contributed by atoms with E-state index in [-0.39, 0.29) is 5.69 Å². The Kier molecular flexibility index (Phi) is 3.62. The number of benzene rings is 1. The molecular weight excluding hydrogens is 290 g/mol. The van der Waals surface area contributed by atoms with E-state index >= 15 is 0 Å². The van der Waals surface area contributed by atoms with Gasteiger partial charge in [0.05, 0.1) is 0 Å². The molecule has 6 nitrogen and oxygen atoms in total. The first kappa shape index (κ1) is 13.6. The number of halogens is 1. The van der Waals surface area contributed by atoms with Gasteiger partial charge < -0.3 is 5.32 Å². The first-order valence-corrected chi connectivity index (χ1v) is 7.07. The van der Waals surface area contributed by atoms with E-state index in [1.54, 1.807) is 13.0 Å². The Balaban J connectivity index is 1.89. The van der Waals surface area contributed by atoms with E-state index in [1.165, 1.54) is 9.96 Å². The molecule has 3 rings (SSSR count). The topological polar surface area (TPSA) is 75.1 Å². The quantitative estimate of drug-likeness (QED) is 0.725. The van der Waals surface area contributed by atoms with Gasteiger partial charge in [0, 0.05) is 17.6 Å². The second-order valence-electron chi connectivity index (χ2n) is 4.67. The van der Waals surface area contributed by atoms with Crippen LogP contribution in [-0.2, 0) is 6.42 Å². The van der Waals surface area contributed by atoms with Crippen molar-refractivity contribution in [2.24, 2.45) is 0 Å². The molecule has 7 heteroatoms. The number of aryl methyl sites for hydroxylation is 2. The van der Waals surface area contributed by atoms with Crippen LogP contribution < -0.4 is 11.0 Å². The molecule has 0 amide bonds. The van der Waals surface area contributed by atoms with Gasteiger partial charge in [-0.3, -0.25) is 0 Å². The molecule has 21 heavy (non-hydrogen) atoms. The van der Waals surface area contributed by atoms with E-state index < -0.39 is 0 Å². The summed E-state index contributed by atoms with van der Waals surface area (Å²) < 4.78 is 1.43. The van der Waals surface area contributed by atoms with E-state index in [0.717, 1.165) is 12.1 Å². The van der Waals surface area contributed by atoms with Crippen LogP contribution in [0.25, 0.3) is 5.65 Å². The van der Waals surface area contributed by atoms with E-state index in [9.17, 15) is 4.79 Å². The third kappa shape index (κ3) is 2.75. The molecule has 2 N–H and O–H groups in total. The van der Waals surface area contributed by atoms with Crippen molar-refractivity contribution >= 4 is 28.8 Å². The number of nitrogens with one attached hydrogen (secondary N) is 2. The molecule has 0 bridgehead atoms. The lowest BCUT2D eigenvalue weighted by Crippen LogP contribution is -2.13. The zero-order chi connectivity index (χ0) is 14.8. The van der Waals surface area contributed by atoms with Crippen molar-refractivity contribution in [3.8, 4) is 0 Å². The molecule has 0 saturated carbocycles. The average molecular weight is 304 g/mol. The minimum atomic E-state index is -0.285.